The smallest absolute Gasteiger partial charge is 0.267 e. The molecular weight excluding hydrogens is 442 g/mol. The highest BCUT2D eigenvalue weighted by molar-refractivity contribution is 8.18. The van der Waals surface area contributed by atoms with Crippen LogP contribution in [0.25, 0.3) is 5.57 Å². The van der Waals surface area contributed by atoms with E-state index in [9.17, 15) is 9.59 Å². The van der Waals surface area contributed by atoms with E-state index >= 15 is 0 Å². The van der Waals surface area contributed by atoms with Gasteiger partial charge in [-0.15, -0.1) is 0 Å². The van der Waals surface area contributed by atoms with Gasteiger partial charge in [-0.05, 0) is 42.8 Å². The lowest BCUT2D eigenvalue weighted by Gasteiger charge is -2.21. The van der Waals surface area contributed by atoms with Crippen molar-refractivity contribution in [3.8, 4) is 0 Å². The van der Waals surface area contributed by atoms with Crippen LogP contribution in [-0.4, -0.2) is 27.9 Å². The van der Waals surface area contributed by atoms with Crippen molar-refractivity contribution in [2.45, 2.75) is 33.0 Å². The van der Waals surface area contributed by atoms with Crippen LogP contribution < -0.4 is 4.90 Å². The minimum atomic E-state index is -0.176. The summed E-state index contributed by atoms with van der Waals surface area (Å²) in [5.74, 6) is -0.305. The maximum atomic E-state index is 13.7. The Kier molecular flexibility index (Phi) is 6.07. The lowest BCUT2D eigenvalue weighted by molar-refractivity contribution is -0.123. The van der Waals surface area contributed by atoms with Crippen molar-refractivity contribution in [3.63, 3.8) is 0 Å². The number of aliphatic imine (C=N–C) groups is 1. The predicted molar refractivity (Wildman–Crippen MR) is 138 cm³/mol. The van der Waals surface area contributed by atoms with Crippen molar-refractivity contribution >= 4 is 40.0 Å². The molecule has 6 heteroatoms. The molecule has 0 bridgehead atoms. The first-order valence-electron chi connectivity index (χ1n) is 11.3. The van der Waals surface area contributed by atoms with Gasteiger partial charge >= 0.3 is 0 Å². The van der Waals surface area contributed by atoms with E-state index in [1.165, 1.54) is 11.8 Å². The molecule has 2 aliphatic heterocycles. The van der Waals surface area contributed by atoms with Gasteiger partial charge in [-0.25, -0.2) is 0 Å². The molecule has 5 nitrogen and oxygen atoms in total. The van der Waals surface area contributed by atoms with Crippen molar-refractivity contribution < 1.29 is 9.59 Å². The molecule has 0 N–H and O–H groups in total. The molecule has 0 aliphatic carbocycles. The second-order valence-electron chi connectivity index (χ2n) is 8.55. The molecule has 0 atom stereocenters. The van der Waals surface area contributed by atoms with Crippen LogP contribution in [0.5, 0.6) is 0 Å². The average Bonchev–Trinajstić information content (AvgIpc) is 3.32. The van der Waals surface area contributed by atoms with E-state index in [0.29, 0.717) is 28.7 Å². The number of nitrogens with zero attached hydrogens (tertiary/aromatic N) is 3. The summed E-state index contributed by atoms with van der Waals surface area (Å²) < 4.78 is 0. The fourth-order valence-electron chi connectivity index (χ4n) is 4.30. The van der Waals surface area contributed by atoms with Crippen LogP contribution in [0.15, 0.2) is 94.8 Å². The van der Waals surface area contributed by atoms with E-state index in [-0.39, 0.29) is 17.9 Å². The van der Waals surface area contributed by atoms with Gasteiger partial charge in [0.1, 0.15) is 0 Å². The number of para-hydroxylation sites is 1. The maximum absolute atomic E-state index is 13.7. The first kappa shape index (κ1) is 22.2. The molecule has 0 radical (unpaired) electrons. The third-order valence-electron chi connectivity index (χ3n) is 5.90. The van der Waals surface area contributed by atoms with Gasteiger partial charge in [0.2, 0.25) is 0 Å². The van der Waals surface area contributed by atoms with E-state index in [2.05, 4.69) is 0 Å². The molecule has 170 valence electrons. The quantitative estimate of drug-likeness (QED) is 0.467. The van der Waals surface area contributed by atoms with E-state index in [1.807, 2.05) is 98.8 Å². The zero-order valence-corrected chi connectivity index (χ0v) is 20.0. The Morgan fingerprint density at radius 3 is 2.09 bits per heavy atom. The number of anilines is 1. The van der Waals surface area contributed by atoms with Crippen molar-refractivity contribution in [2.24, 2.45) is 4.99 Å². The van der Waals surface area contributed by atoms with E-state index in [0.717, 1.165) is 22.4 Å². The number of thioether (sulfide) groups is 1. The van der Waals surface area contributed by atoms with Crippen LogP contribution in [0.3, 0.4) is 0 Å². The van der Waals surface area contributed by atoms with Gasteiger partial charge in [-0.2, -0.15) is 0 Å². The summed E-state index contributed by atoms with van der Waals surface area (Å²) in [6.07, 6.45) is 0. The summed E-state index contributed by atoms with van der Waals surface area (Å²) in [5.41, 5.74) is 4.21. The second-order valence-corrected chi connectivity index (χ2v) is 9.53. The van der Waals surface area contributed by atoms with Gasteiger partial charge in [0.25, 0.3) is 11.8 Å². The third-order valence-corrected chi connectivity index (χ3v) is 7.01. The van der Waals surface area contributed by atoms with Crippen molar-refractivity contribution in [1.29, 1.82) is 0 Å². The average molecular weight is 468 g/mol. The Hall–Kier alpha value is -3.64. The van der Waals surface area contributed by atoms with Crippen LogP contribution in [0.1, 0.15) is 30.5 Å². The summed E-state index contributed by atoms with van der Waals surface area (Å²) in [6, 6.07) is 27.5. The Balaban J connectivity index is 1.58. The molecule has 0 aromatic heterocycles. The molecule has 2 heterocycles. The molecule has 3 aromatic carbocycles. The second kappa shape index (κ2) is 9.31. The number of hydrogen-bond acceptors (Lipinski definition) is 4. The molecule has 5 rings (SSSR count). The molecule has 3 aromatic rings. The first-order valence-corrected chi connectivity index (χ1v) is 12.2. The molecule has 34 heavy (non-hydrogen) atoms. The lowest BCUT2D eigenvalue weighted by Crippen LogP contribution is -2.34. The lowest BCUT2D eigenvalue weighted by atomic mass is 10.1. The van der Waals surface area contributed by atoms with Crippen LogP contribution >= 0.6 is 11.8 Å². The highest BCUT2D eigenvalue weighted by Crippen LogP contribution is 2.45. The Bertz CT molecular complexity index is 1300. The molecule has 2 amide bonds. The molecule has 0 unspecified atom stereocenters. The molecule has 1 saturated heterocycles. The summed E-state index contributed by atoms with van der Waals surface area (Å²) in [6.45, 7) is 4.84. The van der Waals surface area contributed by atoms with Gasteiger partial charge in [-0.1, -0.05) is 78.9 Å². The number of amidine groups is 1. The summed E-state index contributed by atoms with van der Waals surface area (Å²) in [5, 5.41) is 0.619. The summed E-state index contributed by atoms with van der Waals surface area (Å²) in [4.78, 5) is 36.0. The van der Waals surface area contributed by atoms with Crippen molar-refractivity contribution in [1.82, 2.24) is 4.90 Å². The van der Waals surface area contributed by atoms with Crippen molar-refractivity contribution in [3.05, 3.63) is 107 Å². The minimum absolute atomic E-state index is 0.0140. The van der Waals surface area contributed by atoms with E-state index in [1.54, 1.807) is 9.80 Å². The standard InChI is InChI=1S/C28H25N3O2S/c1-19(2)31-23-16-10-9-15-22(23)24(26(31)32)25-27(33)30(18-21-13-7-4-8-14-21)28(34-25)29-17-20-11-5-3-6-12-20/h3-16,19H,17-18H2,1-2H3/b25-24+,29-28?. The Labute approximate surface area is 203 Å². The van der Waals surface area contributed by atoms with E-state index < -0.39 is 0 Å². The Morgan fingerprint density at radius 1 is 0.794 bits per heavy atom. The summed E-state index contributed by atoms with van der Waals surface area (Å²) >= 11 is 1.30. The monoisotopic (exact) mass is 467 g/mol. The van der Waals surface area contributed by atoms with Crippen LogP contribution in [0.2, 0.25) is 0 Å². The summed E-state index contributed by atoms with van der Waals surface area (Å²) in [7, 11) is 0. The number of carbonyl (C=O) groups is 2. The highest BCUT2D eigenvalue weighted by atomic mass is 32.2. The molecule has 0 spiro atoms. The van der Waals surface area contributed by atoms with E-state index in [4.69, 9.17) is 4.99 Å². The molecule has 2 aliphatic rings. The largest absolute Gasteiger partial charge is 0.305 e. The zero-order valence-electron chi connectivity index (χ0n) is 19.1. The number of amides is 2. The van der Waals surface area contributed by atoms with Crippen LogP contribution in [0, 0.1) is 0 Å². The van der Waals surface area contributed by atoms with Gasteiger partial charge < -0.3 is 4.90 Å². The first-order chi connectivity index (χ1) is 16.5. The molecular formula is C28H25N3O2S. The number of hydrogen-bond donors (Lipinski definition) is 0. The number of benzene rings is 3. The fourth-order valence-corrected chi connectivity index (χ4v) is 5.36. The number of carbonyl (C=O) groups excluding carboxylic acids is 2. The topological polar surface area (TPSA) is 53.0 Å². The third kappa shape index (κ3) is 4.05. The van der Waals surface area contributed by atoms with Gasteiger partial charge in [-0.3, -0.25) is 19.5 Å². The number of rotatable bonds is 5. The van der Waals surface area contributed by atoms with Crippen molar-refractivity contribution in [2.75, 3.05) is 4.90 Å². The van der Waals surface area contributed by atoms with Crippen LogP contribution in [0.4, 0.5) is 5.69 Å². The maximum Gasteiger partial charge on any atom is 0.267 e. The molecule has 0 saturated carbocycles. The molecule has 1 fully saturated rings. The van der Waals surface area contributed by atoms with Gasteiger partial charge in [0.05, 0.1) is 29.3 Å². The SMILES string of the molecule is CC(C)N1C(=O)/C(=C2/SC(=NCc3ccccc3)N(Cc3ccccc3)C2=O)c2ccccc21. The Morgan fingerprint density at radius 2 is 1.41 bits per heavy atom. The van der Waals surface area contributed by atoms with Crippen LogP contribution in [-0.2, 0) is 22.7 Å². The minimum Gasteiger partial charge on any atom is -0.305 e. The normalized spacial score (nSPS) is 19.0. The highest BCUT2D eigenvalue weighted by Gasteiger charge is 2.43. The van der Waals surface area contributed by atoms with Gasteiger partial charge in [0, 0.05) is 11.6 Å². The predicted octanol–water partition coefficient (Wildman–Crippen LogP) is 5.48. The zero-order chi connectivity index (χ0) is 23.7. The fraction of sp³-hybridized carbons (Fsp3) is 0.179. The number of fused-ring (bicyclic) bond motifs is 1. The van der Waals surface area contributed by atoms with Gasteiger partial charge in [0.15, 0.2) is 5.17 Å².